The molecule has 0 bridgehead atoms. The van der Waals surface area contributed by atoms with Crippen molar-refractivity contribution >= 4 is 5.82 Å². The van der Waals surface area contributed by atoms with Crippen LogP contribution in [0.1, 0.15) is 25.5 Å². The molecule has 1 heterocycles. The van der Waals surface area contributed by atoms with Gasteiger partial charge in [0, 0.05) is 38.0 Å². The number of aromatic nitrogens is 1. The average molecular weight is 237 g/mol. The first kappa shape index (κ1) is 13.9. The van der Waals surface area contributed by atoms with Gasteiger partial charge in [0.1, 0.15) is 5.82 Å². The van der Waals surface area contributed by atoms with Gasteiger partial charge in [-0.25, -0.2) is 4.98 Å². The molecular weight excluding hydrogens is 214 g/mol. The molecule has 1 atom stereocenters. The zero-order valence-corrected chi connectivity index (χ0v) is 11.2. The van der Waals surface area contributed by atoms with Gasteiger partial charge in [-0.2, -0.15) is 0 Å². The normalized spacial score (nSPS) is 12.5. The van der Waals surface area contributed by atoms with Crippen molar-refractivity contribution in [2.75, 3.05) is 38.8 Å². The quantitative estimate of drug-likeness (QED) is 0.734. The summed E-state index contributed by atoms with van der Waals surface area (Å²) in [7, 11) is 4.01. The van der Waals surface area contributed by atoms with Crippen LogP contribution >= 0.6 is 0 Å². The van der Waals surface area contributed by atoms with E-state index in [1.54, 1.807) is 0 Å². The van der Waals surface area contributed by atoms with Crippen LogP contribution in [-0.4, -0.2) is 38.8 Å². The van der Waals surface area contributed by atoms with E-state index in [9.17, 15) is 0 Å². The molecular formula is C13H23N3O. The zero-order chi connectivity index (χ0) is 12.7. The Hall–Kier alpha value is -1.13. The second kappa shape index (κ2) is 7.25. The van der Waals surface area contributed by atoms with Crippen LogP contribution in [0.15, 0.2) is 18.3 Å². The Morgan fingerprint density at radius 1 is 1.53 bits per heavy atom. The van der Waals surface area contributed by atoms with Gasteiger partial charge in [0.2, 0.25) is 0 Å². The maximum atomic E-state index is 5.37. The van der Waals surface area contributed by atoms with Crippen LogP contribution in [0.25, 0.3) is 0 Å². The Morgan fingerprint density at radius 3 is 2.94 bits per heavy atom. The van der Waals surface area contributed by atoms with E-state index in [1.807, 2.05) is 33.3 Å². The number of nitrogens with zero attached hydrogens (tertiary/aromatic N) is 2. The first-order valence-corrected chi connectivity index (χ1v) is 6.11. The van der Waals surface area contributed by atoms with Crippen LogP contribution in [0.3, 0.4) is 0 Å². The number of anilines is 1. The van der Waals surface area contributed by atoms with E-state index in [0.29, 0.717) is 6.04 Å². The van der Waals surface area contributed by atoms with Gasteiger partial charge in [-0.05, 0) is 27.0 Å². The predicted octanol–water partition coefficient (Wildman–Crippen LogP) is 1.83. The Labute approximate surface area is 104 Å². The summed E-state index contributed by atoms with van der Waals surface area (Å²) in [6.07, 6.45) is 1.83. The van der Waals surface area contributed by atoms with Crippen molar-refractivity contribution in [2.45, 2.75) is 19.9 Å². The van der Waals surface area contributed by atoms with Crippen molar-refractivity contribution in [3.63, 3.8) is 0 Å². The van der Waals surface area contributed by atoms with Gasteiger partial charge in [0.05, 0.1) is 6.61 Å². The monoisotopic (exact) mass is 237 g/mol. The van der Waals surface area contributed by atoms with E-state index in [4.69, 9.17) is 4.74 Å². The van der Waals surface area contributed by atoms with Crippen molar-refractivity contribution in [3.8, 4) is 0 Å². The molecule has 0 saturated heterocycles. The van der Waals surface area contributed by atoms with Gasteiger partial charge >= 0.3 is 0 Å². The SMILES string of the molecule is CCOCCN(C)c1ncccc1C(C)NC. The lowest BCUT2D eigenvalue weighted by Crippen LogP contribution is -2.26. The Kier molecular flexibility index (Phi) is 5.94. The topological polar surface area (TPSA) is 37.4 Å². The minimum Gasteiger partial charge on any atom is -0.380 e. The number of ether oxygens (including phenoxy) is 1. The lowest BCUT2D eigenvalue weighted by Gasteiger charge is -2.23. The van der Waals surface area contributed by atoms with Gasteiger partial charge in [-0.1, -0.05) is 6.07 Å². The number of likely N-dealkylation sites (N-methyl/N-ethyl adjacent to an activating group) is 1. The fourth-order valence-electron chi connectivity index (χ4n) is 1.67. The van der Waals surface area contributed by atoms with E-state index < -0.39 is 0 Å². The van der Waals surface area contributed by atoms with Crippen LogP contribution in [0.5, 0.6) is 0 Å². The molecule has 96 valence electrons. The standard InChI is InChI=1S/C13H23N3O/c1-5-17-10-9-16(4)13-12(11(2)14-3)7-6-8-15-13/h6-8,11,14H,5,9-10H2,1-4H3. The van der Waals surface area contributed by atoms with Crippen molar-refractivity contribution < 1.29 is 4.74 Å². The molecule has 0 aliphatic heterocycles. The molecule has 0 fully saturated rings. The van der Waals surface area contributed by atoms with Crippen molar-refractivity contribution in [3.05, 3.63) is 23.9 Å². The highest BCUT2D eigenvalue weighted by atomic mass is 16.5. The number of hydrogen-bond acceptors (Lipinski definition) is 4. The van der Waals surface area contributed by atoms with Crippen molar-refractivity contribution in [1.82, 2.24) is 10.3 Å². The van der Waals surface area contributed by atoms with Gasteiger partial charge in [-0.15, -0.1) is 0 Å². The molecule has 0 aliphatic carbocycles. The largest absolute Gasteiger partial charge is 0.380 e. The van der Waals surface area contributed by atoms with E-state index >= 15 is 0 Å². The summed E-state index contributed by atoms with van der Waals surface area (Å²) in [6, 6.07) is 4.39. The molecule has 0 aliphatic rings. The molecule has 1 aromatic rings. The summed E-state index contributed by atoms with van der Waals surface area (Å²) >= 11 is 0. The number of rotatable bonds is 7. The Balaban J connectivity index is 2.74. The second-order valence-corrected chi connectivity index (χ2v) is 4.05. The van der Waals surface area contributed by atoms with Gasteiger partial charge in [0.25, 0.3) is 0 Å². The molecule has 1 aromatic heterocycles. The summed E-state index contributed by atoms with van der Waals surface area (Å²) in [5, 5.41) is 3.25. The molecule has 0 amide bonds. The third-order valence-electron chi connectivity index (χ3n) is 2.85. The molecule has 1 rings (SSSR count). The summed E-state index contributed by atoms with van der Waals surface area (Å²) < 4.78 is 5.37. The molecule has 4 nitrogen and oxygen atoms in total. The maximum Gasteiger partial charge on any atom is 0.133 e. The van der Waals surface area contributed by atoms with Crippen LogP contribution < -0.4 is 10.2 Å². The third-order valence-corrected chi connectivity index (χ3v) is 2.85. The van der Waals surface area contributed by atoms with E-state index in [-0.39, 0.29) is 0 Å². The number of nitrogens with one attached hydrogen (secondary N) is 1. The van der Waals surface area contributed by atoms with Gasteiger partial charge < -0.3 is 15.0 Å². The minimum absolute atomic E-state index is 0.299. The Morgan fingerprint density at radius 2 is 2.29 bits per heavy atom. The van der Waals surface area contributed by atoms with Crippen LogP contribution in [-0.2, 0) is 4.74 Å². The van der Waals surface area contributed by atoms with Gasteiger partial charge in [-0.3, -0.25) is 0 Å². The third kappa shape index (κ3) is 3.98. The maximum absolute atomic E-state index is 5.37. The molecule has 0 saturated carbocycles. The summed E-state index contributed by atoms with van der Waals surface area (Å²) in [4.78, 5) is 6.59. The lowest BCUT2D eigenvalue weighted by molar-refractivity contribution is 0.154. The smallest absolute Gasteiger partial charge is 0.133 e. The highest BCUT2D eigenvalue weighted by Crippen LogP contribution is 2.22. The summed E-state index contributed by atoms with van der Waals surface area (Å²) in [5.74, 6) is 1.02. The molecule has 17 heavy (non-hydrogen) atoms. The highest BCUT2D eigenvalue weighted by molar-refractivity contribution is 5.47. The fraction of sp³-hybridized carbons (Fsp3) is 0.615. The van der Waals surface area contributed by atoms with Crippen LogP contribution in [0.2, 0.25) is 0 Å². The Bertz CT molecular complexity index is 330. The highest BCUT2D eigenvalue weighted by Gasteiger charge is 2.12. The molecule has 0 spiro atoms. The fourth-order valence-corrected chi connectivity index (χ4v) is 1.67. The summed E-state index contributed by atoms with van der Waals surface area (Å²) in [6.45, 7) is 6.49. The van der Waals surface area contributed by atoms with Crippen LogP contribution in [0.4, 0.5) is 5.82 Å². The van der Waals surface area contributed by atoms with Gasteiger partial charge in [0.15, 0.2) is 0 Å². The number of hydrogen-bond donors (Lipinski definition) is 1. The number of pyridine rings is 1. The van der Waals surface area contributed by atoms with Crippen LogP contribution in [0, 0.1) is 0 Å². The first-order chi connectivity index (χ1) is 8.20. The second-order valence-electron chi connectivity index (χ2n) is 4.05. The molecule has 0 aromatic carbocycles. The van der Waals surface area contributed by atoms with E-state index in [2.05, 4.69) is 28.2 Å². The average Bonchev–Trinajstić information content (AvgIpc) is 2.38. The van der Waals surface area contributed by atoms with Crippen molar-refractivity contribution in [2.24, 2.45) is 0 Å². The molecule has 1 unspecified atom stereocenters. The minimum atomic E-state index is 0.299. The summed E-state index contributed by atoms with van der Waals surface area (Å²) in [5.41, 5.74) is 1.22. The lowest BCUT2D eigenvalue weighted by atomic mass is 10.1. The first-order valence-electron chi connectivity index (χ1n) is 6.11. The molecule has 4 heteroatoms. The molecule has 0 radical (unpaired) electrons. The van der Waals surface area contributed by atoms with E-state index in [1.165, 1.54) is 5.56 Å². The molecule has 1 N–H and O–H groups in total. The zero-order valence-electron chi connectivity index (χ0n) is 11.2. The van der Waals surface area contributed by atoms with Crippen molar-refractivity contribution in [1.29, 1.82) is 0 Å². The predicted molar refractivity (Wildman–Crippen MR) is 71.5 cm³/mol. The van der Waals surface area contributed by atoms with E-state index in [0.717, 1.165) is 25.6 Å².